The van der Waals surface area contributed by atoms with E-state index in [0.717, 1.165) is 25.2 Å². The molecule has 33 heavy (non-hydrogen) atoms. The summed E-state index contributed by atoms with van der Waals surface area (Å²) in [5.41, 5.74) is -5.10. The molecule has 182 valence electrons. The molecule has 3 atom stereocenters. The maximum atomic E-state index is 12.9. The number of likely N-dealkylation sites (tertiary alicyclic amines) is 2. The lowest BCUT2D eigenvalue weighted by atomic mass is 9.58. The van der Waals surface area contributed by atoms with Gasteiger partial charge in [0.2, 0.25) is 5.91 Å². The number of ether oxygens (including phenoxy) is 1. The quantitative estimate of drug-likeness (QED) is 0.660. The zero-order chi connectivity index (χ0) is 23.6. The molecule has 4 fully saturated rings. The Morgan fingerprint density at radius 3 is 2.76 bits per heavy atom. The van der Waals surface area contributed by atoms with E-state index < -0.39 is 20.1 Å². The summed E-state index contributed by atoms with van der Waals surface area (Å²) in [6, 6.07) is -0.224. The second-order valence-corrected chi connectivity index (χ2v) is 11.6. The summed E-state index contributed by atoms with van der Waals surface area (Å²) in [4.78, 5) is 27.3. The van der Waals surface area contributed by atoms with Gasteiger partial charge in [0.15, 0.2) is 9.73 Å². The van der Waals surface area contributed by atoms with E-state index in [2.05, 4.69) is 10.4 Å². The zero-order valence-corrected chi connectivity index (χ0v) is 18.5. The van der Waals surface area contributed by atoms with Crippen molar-refractivity contribution in [3.8, 4) is 0 Å². The zero-order valence-electron chi connectivity index (χ0n) is 17.7. The number of carbonyl (C=O) groups excluding carboxylic acids is 2. The summed E-state index contributed by atoms with van der Waals surface area (Å²) >= 11 is 0. The van der Waals surface area contributed by atoms with E-state index in [0.29, 0.717) is 39.1 Å². The Kier molecular flexibility index (Phi) is 5.16. The number of urea groups is 1. The highest BCUT2D eigenvalue weighted by atomic mass is 32.2. The molecule has 10 nitrogen and oxygen atoms in total. The number of rotatable bonds is 3. The molecule has 4 aliphatic rings. The molecule has 0 bridgehead atoms. The van der Waals surface area contributed by atoms with Crippen LogP contribution in [0.5, 0.6) is 0 Å². The molecule has 3 amide bonds. The number of fused-ring (bicyclic) bond motifs is 1. The topological polar surface area (TPSA) is 121 Å². The van der Waals surface area contributed by atoms with Crippen molar-refractivity contribution in [2.45, 2.75) is 48.4 Å². The summed E-state index contributed by atoms with van der Waals surface area (Å²) in [6.07, 6.45) is 4.19. The average Bonchev–Trinajstić information content (AvgIpc) is 3.16. The predicted octanol–water partition coefficient (Wildman–Crippen LogP) is 1.23. The summed E-state index contributed by atoms with van der Waals surface area (Å²) < 4.78 is 64.1. The molecule has 1 saturated carbocycles. The fraction of sp³-hybridized carbons (Fsp3) is 0.737. The van der Waals surface area contributed by atoms with Gasteiger partial charge in [0.25, 0.3) is 0 Å². The van der Waals surface area contributed by atoms with Crippen molar-refractivity contribution in [3.63, 3.8) is 0 Å². The highest BCUT2D eigenvalue weighted by Crippen LogP contribution is 2.52. The maximum Gasteiger partial charge on any atom is 0.483 e. The third kappa shape index (κ3) is 3.96. The second-order valence-electron chi connectivity index (χ2n) is 9.57. The summed E-state index contributed by atoms with van der Waals surface area (Å²) in [7, 11) is -4.90. The van der Waals surface area contributed by atoms with Crippen molar-refractivity contribution in [3.05, 3.63) is 12.4 Å². The number of amides is 3. The molecule has 3 saturated heterocycles. The number of aromatic nitrogens is 2. The van der Waals surface area contributed by atoms with Crippen LogP contribution in [-0.4, -0.2) is 86.2 Å². The lowest BCUT2D eigenvalue weighted by Crippen LogP contribution is -2.68. The number of hydrogen-bond acceptors (Lipinski definition) is 6. The number of morpholine rings is 1. The van der Waals surface area contributed by atoms with E-state index in [4.69, 9.17) is 9.52 Å². The van der Waals surface area contributed by atoms with Gasteiger partial charge in [-0.2, -0.15) is 18.3 Å². The molecule has 1 aromatic heterocycles. The predicted molar refractivity (Wildman–Crippen MR) is 107 cm³/mol. The van der Waals surface area contributed by atoms with E-state index in [9.17, 15) is 27.0 Å². The first-order valence-electron chi connectivity index (χ1n) is 10.8. The average molecular weight is 491 g/mol. The standard InChI is InChI=1S/C19H25F3N6O4S/c20-19(21,22)33(23,31)13-5-24-28(7-13)6-12-3-18(4-12)10-27(11-18)17(30)26-2-1-15-14(8-26)25-16(29)9-32-15/h5,7,12,14-15,23H,1-4,6,8-11H2,(H,25,29)/t14-,15+,33?/m1/s1. The largest absolute Gasteiger partial charge is 0.483 e. The van der Waals surface area contributed by atoms with Gasteiger partial charge in [-0.05, 0) is 25.2 Å². The number of halogens is 3. The minimum absolute atomic E-state index is 0.0335. The van der Waals surface area contributed by atoms with E-state index in [1.54, 1.807) is 9.80 Å². The number of nitrogens with one attached hydrogen (secondary N) is 2. The van der Waals surface area contributed by atoms with Crippen LogP contribution in [0.15, 0.2) is 17.3 Å². The van der Waals surface area contributed by atoms with E-state index in [-0.39, 0.29) is 42.0 Å². The Balaban J connectivity index is 1.09. The van der Waals surface area contributed by atoms with Crippen LogP contribution in [0.3, 0.4) is 0 Å². The summed E-state index contributed by atoms with van der Waals surface area (Å²) in [6.45, 7) is 2.73. The lowest BCUT2D eigenvalue weighted by molar-refractivity contribution is -0.140. The van der Waals surface area contributed by atoms with Crippen molar-refractivity contribution in [2.75, 3.05) is 32.8 Å². The minimum atomic E-state index is -5.13. The summed E-state index contributed by atoms with van der Waals surface area (Å²) in [5, 5.41) is 6.75. The van der Waals surface area contributed by atoms with Crippen LogP contribution in [0.2, 0.25) is 0 Å². The molecule has 1 spiro atoms. The second kappa shape index (κ2) is 7.58. The van der Waals surface area contributed by atoms with Crippen molar-refractivity contribution < 1.29 is 31.7 Å². The molecular weight excluding hydrogens is 465 g/mol. The van der Waals surface area contributed by atoms with Gasteiger partial charge in [-0.15, -0.1) is 0 Å². The molecule has 3 aliphatic heterocycles. The Labute approximate surface area is 188 Å². The fourth-order valence-electron chi connectivity index (χ4n) is 5.52. The fourth-order valence-corrected chi connectivity index (χ4v) is 6.25. The summed E-state index contributed by atoms with van der Waals surface area (Å²) in [5.74, 6) is 0.0368. The van der Waals surface area contributed by atoms with Crippen LogP contribution in [0.4, 0.5) is 18.0 Å². The molecule has 1 unspecified atom stereocenters. The van der Waals surface area contributed by atoms with E-state index in [1.807, 2.05) is 0 Å². The minimum Gasteiger partial charge on any atom is -0.366 e. The van der Waals surface area contributed by atoms with Crippen LogP contribution < -0.4 is 5.32 Å². The van der Waals surface area contributed by atoms with Crippen molar-refractivity contribution >= 4 is 21.7 Å². The molecule has 4 heterocycles. The van der Waals surface area contributed by atoms with Crippen molar-refractivity contribution in [2.24, 2.45) is 11.3 Å². The van der Waals surface area contributed by atoms with Crippen LogP contribution in [0, 0.1) is 16.1 Å². The number of carbonyl (C=O) groups is 2. The third-order valence-corrected chi connectivity index (χ3v) is 8.60. The first-order valence-corrected chi connectivity index (χ1v) is 12.3. The van der Waals surface area contributed by atoms with Crippen LogP contribution >= 0.6 is 0 Å². The van der Waals surface area contributed by atoms with Gasteiger partial charge in [-0.1, -0.05) is 0 Å². The van der Waals surface area contributed by atoms with Crippen LogP contribution in [-0.2, 0) is 25.8 Å². The SMILES string of the molecule is N=S(=O)(c1cnn(CC2CC3(C2)CN(C(=O)N2CC[C@@H]4OCC(=O)N[C@@H]4C2)C3)c1)C(F)(F)F. The number of piperidine rings is 1. The Morgan fingerprint density at radius 1 is 1.33 bits per heavy atom. The van der Waals surface area contributed by atoms with Gasteiger partial charge in [-0.3, -0.25) is 9.48 Å². The monoisotopic (exact) mass is 490 g/mol. The molecule has 1 aliphatic carbocycles. The molecule has 5 rings (SSSR count). The van der Waals surface area contributed by atoms with Gasteiger partial charge in [0, 0.05) is 44.3 Å². The third-order valence-electron chi connectivity index (χ3n) is 7.07. The molecule has 1 aromatic rings. The van der Waals surface area contributed by atoms with Gasteiger partial charge in [0.05, 0.1) is 23.2 Å². The normalized spacial score (nSPS) is 29.0. The maximum absolute atomic E-state index is 12.9. The Morgan fingerprint density at radius 2 is 2.06 bits per heavy atom. The number of alkyl halides is 3. The van der Waals surface area contributed by atoms with Gasteiger partial charge in [-0.25, -0.2) is 13.8 Å². The first kappa shape index (κ1) is 22.4. The van der Waals surface area contributed by atoms with Gasteiger partial charge in [0.1, 0.15) is 6.61 Å². The Bertz CT molecular complexity index is 1060. The van der Waals surface area contributed by atoms with Gasteiger partial charge < -0.3 is 19.9 Å². The molecular formula is C19H25F3N6O4S. The molecule has 14 heteroatoms. The lowest BCUT2D eigenvalue weighted by Gasteiger charge is -2.59. The molecule has 0 radical (unpaired) electrons. The first-order chi connectivity index (χ1) is 15.5. The molecule has 0 aromatic carbocycles. The van der Waals surface area contributed by atoms with Crippen LogP contribution in [0.1, 0.15) is 19.3 Å². The number of hydrogen-bond donors (Lipinski definition) is 2. The highest BCUT2D eigenvalue weighted by molar-refractivity contribution is 7.93. The number of nitrogens with zero attached hydrogens (tertiary/aromatic N) is 4. The highest BCUT2D eigenvalue weighted by Gasteiger charge is 2.54. The molecule has 2 N–H and O–H groups in total. The smallest absolute Gasteiger partial charge is 0.366 e. The van der Waals surface area contributed by atoms with E-state index >= 15 is 0 Å². The van der Waals surface area contributed by atoms with E-state index in [1.165, 1.54) is 4.68 Å². The van der Waals surface area contributed by atoms with Crippen molar-refractivity contribution in [1.29, 1.82) is 4.78 Å². The Hall–Kier alpha value is -2.35. The van der Waals surface area contributed by atoms with Crippen LogP contribution in [0.25, 0.3) is 0 Å². The van der Waals surface area contributed by atoms with Crippen molar-refractivity contribution in [1.82, 2.24) is 24.9 Å². The van der Waals surface area contributed by atoms with Gasteiger partial charge >= 0.3 is 11.5 Å².